The van der Waals surface area contributed by atoms with E-state index >= 15 is 0 Å². The largest absolute Gasteiger partial charge is 0.478 e. The lowest BCUT2D eigenvalue weighted by Gasteiger charge is -2.08. The van der Waals surface area contributed by atoms with Crippen LogP contribution in [0.1, 0.15) is 10.4 Å². The molecule has 0 unspecified atom stereocenters. The molecule has 0 spiro atoms. The summed E-state index contributed by atoms with van der Waals surface area (Å²) in [5.41, 5.74) is 0.470. The first-order valence-corrected chi connectivity index (χ1v) is 6.66. The van der Waals surface area contributed by atoms with Gasteiger partial charge < -0.3 is 10.1 Å². The zero-order valence-corrected chi connectivity index (χ0v) is 11.9. The molecule has 0 aliphatic carbocycles. The lowest BCUT2D eigenvalue weighted by molar-refractivity contribution is 0.0697. The van der Waals surface area contributed by atoms with Crippen molar-refractivity contribution in [1.82, 2.24) is 9.55 Å². The molecule has 0 saturated carbocycles. The van der Waals surface area contributed by atoms with E-state index in [1.54, 1.807) is 0 Å². The van der Waals surface area contributed by atoms with Gasteiger partial charge in [-0.05, 0) is 54.7 Å². The van der Waals surface area contributed by atoms with Gasteiger partial charge in [-0.3, -0.25) is 9.36 Å². The third-order valence-corrected chi connectivity index (χ3v) is 3.52. The lowest BCUT2D eigenvalue weighted by Crippen LogP contribution is -2.20. The zero-order valence-electron chi connectivity index (χ0n) is 11.0. The van der Waals surface area contributed by atoms with Crippen molar-refractivity contribution >= 4 is 29.1 Å². The van der Waals surface area contributed by atoms with Gasteiger partial charge in [0.25, 0.3) is 5.56 Å². The number of halogens is 1. The molecule has 0 radical (unpaired) electrons. The van der Waals surface area contributed by atoms with Crippen LogP contribution in [0.2, 0.25) is 0 Å². The van der Waals surface area contributed by atoms with E-state index in [1.807, 2.05) is 0 Å². The van der Waals surface area contributed by atoms with E-state index in [-0.39, 0.29) is 15.7 Å². The maximum atomic E-state index is 13.3. The Bertz CT molecular complexity index is 1010. The fraction of sp³-hybridized carbons (Fsp3) is 0. The van der Waals surface area contributed by atoms with Crippen LogP contribution in [0, 0.1) is 10.6 Å². The lowest BCUT2D eigenvalue weighted by atomic mass is 10.2. The van der Waals surface area contributed by atoms with Crippen LogP contribution in [0.3, 0.4) is 0 Å². The number of carbonyl (C=O) groups is 1. The third-order valence-electron chi connectivity index (χ3n) is 3.23. The number of H-pyrrole nitrogens is 1. The van der Waals surface area contributed by atoms with E-state index in [2.05, 4.69) is 4.98 Å². The molecule has 0 atom stereocenters. The predicted molar refractivity (Wildman–Crippen MR) is 81.6 cm³/mol. The number of carboxylic acid groups (broad SMARTS) is 1. The fourth-order valence-electron chi connectivity index (χ4n) is 2.17. The number of aromatic nitrogens is 2. The number of rotatable bonds is 2. The van der Waals surface area contributed by atoms with Gasteiger partial charge >= 0.3 is 5.97 Å². The molecule has 2 N–H and O–H groups in total. The summed E-state index contributed by atoms with van der Waals surface area (Å²) < 4.78 is 14.7. The van der Waals surface area contributed by atoms with E-state index in [9.17, 15) is 14.0 Å². The Kier molecular flexibility index (Phi) is 3.34. The van der Waals surface area contributed by atoms with Crippen LogP contribution in [0.25, 0.3) is 16.6 Å². The molecule has 1 aromatic heterocycles. The summed E-state index contributed by atoms with van der Waals surface area (Å²) in [7, 11) is 0. The van der Waals surface area contributed by atoms with Crippen LogP contribution in [-0.2, 0) is 0 Å². The number of fused-ring (bicyclic) bond motifs is 1. The Hall–Kier alpha value is -2.80. The highest BCUT2D eigenvalue weighted by atomic mass is 32.1. The number of benzene rings is 2. The van der Waals surface area contributed by atoms with Crippen molar-refractivity contribution < 1.29 is 14.3 Å². The van der Waals surface area contributed by atoms with Crippen molar-refractivity contribution in [3.05, 3.63) is 69.0 Å². The summed E-state index contributed by atoms with van der Waals surface area (Å²) in [4.78, 5) is 26.2. The van der Waals surface area contributed by atoms with Crippen LogP contribution < -0.4 is 5.56 Å². The summed E-state index contributed by atoms with van der Waals surface area (Å²) in [5, 5.41) is 9.05. The number of aromatic amines is 1. The zero-order chi connectivity index (χ0) is 15.9. The van der Waals surface area contributed by atoms with Gasteiger partial charge in [-0.1, -0.05) is 0 Å². The monoisotopic (exact) mass is 316 g/mol. The summed E-state index contributed by atoms with van der Waals surface area (Å²) in [5.74, 6) is -1.59. The molecular formula is C15H9FN2O3S. The minimum absolute atomic E-state index is 0.0959. The third kappa shape index (κ3) is 2.31. The van der Waals surface area contributed by atoms with Crippen molar-refractivity contribution in [3.63, 3.8) is 0 Å². The van der Waals surface area contributed by atoms with Crippen LogP contribution in [0.5, 0.6) is 0 Å². The van der Waals surface area contributed by atoms with Crippen LogP contribution >= 0.6 is 12.2 Å². The average Bonchev–Trinajstić information content (AvgIpc) is 2.49. The number of nitrogens with one attached hydrogen (secondary N) is 1. The molecule has 5 nitrogen and oxygen atoms in total. The molecule has 0 fully saturated rings. The van der Waals surface area contributed by atoms with Gasteiger partial charge in [0.15, 0.2) is 4.77 Å². The highest BCUT2D eigenvalue weighted by Gasteiger charge is 2.09. The maximum absolute atomic E-state index is 13.3. The second kappa shape index (κ2) is 5.19. The van der Waals surface area contributed by atoms with Crippen LogP contribution in [0.4, 0.5) is 4.39 Å². The maximum Gasteiger partial charge on any atom is 0.335 e. The van der Waals surface area contributed by atoms with Gasteiger partial charge in [0.2, 0.25) is 0 Å². The van der Waals surface area contributed by atoms with Gasteiger partial charge in [-0.2, -0.15) is 0 Å². The van der Waals surface area contributed by atoms with Gasteiger partial charge in [0.05, 0.1) is 22.2 Å². The molecule has 0 bridgehead atoms. The van der Waals surface area contributed by atoms with Gasteiger partial charge in [0.1, 0.15) is 5.82 Å². The molecule has 0 aliphatic heterocycles. The second-order valence-corrected chi connectivity index (χ2v) is 5.00. The normalized spacial score (nSPS) is 10.8. The highest BCUT2D eigenvalue weighted by Crippen LogP contribution is 2.13. The quantitative estimate of drug-likeness (QED) is 0.713. The van der Waals surface area contributed by atoms with Crippen molar-refractivity contribution in [2.75, 3.05) is 0 Å². The number of carboxylic acids is 1. The fourth-order valence-corrected chi connectivity index (χ4v) is 2.47. The number of hydrogen-bond donors (Lipinski definition) is 2. The highest BCUT2D eigenvalue weighted by molar-refractivity contribution is 7.71. The number of aromatic carboxylic acids is 1. The van der Waals surface area contributed by atoms with Crippen molar-refractivity contribution in [2.24, 2.45) is 0 Å². The average molecular weight is 316 g/mol. The molecule has 3 rings (SSSR count). The molecule has 0 amide bonds. The molecule has 7 heteroatoms. The molecule has 0 saturated heterocycles. The molecule has 110 valence electrons. The molecular weight excluding hydrogens is 307 g/mol. The van der Waals surface area contributed by atoms with E-state index in [1.165, 1.54) is 41.0 Å². The van der Waals surface area contributed by atoms with Gasteiger partial charge in [0, 0.05) is 0 Å². The summed E-state index contributed by atoms with van der Waals surface area (Å²) in [6.45, 7) is 0. The summed E-state index contributed by atoms with van der Waals surface area (Å²) >= 11 is 5.16. The Morgan fingerprint density at radius 2 is 1.86 bits per heavy atom. The second-order valence-electron chi connectivity index (χ2n) is 4.61. The summed E-state index contributed by atoms with van der Waals surface area (Å²) in [6, 6.07) is 9.49. The predicted octanol–water partition coefficient (Wildman–Crippen LogP) is 2.89. The van der Waals surface area contributed by atoms with Crippen molar-refractivity contribution in [1.29, 1.82) is 0 Å². The van der Waals surface area contributed by atoms with E-state index < -0.39 is 17.3 Å². The minimum Gasteiger partial charge on any atom is -0.478 e. The Balaban J connectivity index is 2.28. The standard InChI is InChI=1S/C15H9FN2O3S/c16-9-3-6-12-11(7-9)13(19)18(15(22)17-12)10-4-1-8(2-5-10)14(20)21/h1-7H,(H,17,22)(H,20,21). The smallest absolute Gasteiger partial charge is 0.335 e. The first-order chi connectivity index (χ1) is 10.5. The molecule has 0 aliphatic rings. The SMILES string of the molecule is O=C(O)c1ccc(-n2c(=S)[nH]c3ccc(F)cc3c2=O)cc1. The first kappa shape index (κ1) is 14.2. The Morgan fingerprint density at radius 3 is 2.50 bits per heavy atom. The minimum atomic E-state index is -1.07. The van der Waals surface area contributed by atoms with Crippen molar-refractivity contribution in [2.45, 2.75) is 0 Å². The number of nitrogens with zero attached hydrogens (tertiary/aromatic N) is 1. The molecule has 22 heavy (non-hydrogen) atoms. The summed E-state index contributed by atoms with van der Waals surface area (Å²) in [6.07, 6.45) is 0. The first-order valence-electron chi connectivity index (χ1n) is 6.26. The number of hydrogen-bond acceptors (Lipinski definition) is 3. The van der Waals surface area contributed by atoms with Gasteiger partial charge in [-0.15, -0.1) is 0 Å². The van der Waals surface area contributed by atoms with Crippen LogP contribution in [0.15, 0.2) is 47.3 Å². The molecule has 3 aromatic rings. The van der Waals surface area contributed by atoms with E-state index in [4.69, 9.17) is 17.3 Å². The van der Waals surface area contributed by atoms with E-state index in [0.717, 1.165) is 6.07 Å². The van der Waals surface area contributed by atoms with E-state index in [0.29, 0.717) is 11.2 Å². The topological polar surface area (TPSA) is 75.1 Å². The van der Waals surface area contributed by atoms with Gasteiger partial charge in [-0.25, -0.2) is 9.18 Å². The van der Waals surface area contributed by atoms with Crippen molar-refractivity contribution in [3.8, 4) is 5.69 Å². The molecule has 1 heterocycles. The Labute approximate surface area is 128 Å². The Morgan fingerprint density at radius 1 is 1.18 bits per heavy atom. The van der Waals surface area contributed by atoms with Crippen LogP contribution in [-0.4, -0.2) is 20.6 Å². The molecule has 2 aromatic carbocycles.